The monoisotopic (exact) mass is 367 g/mol. The van der Waals surface area contributed by atoms with E-state index in [0.29, 0.717) is 5.56 Å². The van der Waals surface area contributed by atoms with Crippen LogP contribution in [0.25, 0.3) is 0 Å². The third kappa shape index (κ3) is 3.18. The van der Waals surface area contributed by atoms with Crippen molar-refractivity contribution in [2.45, 2.75) is 9.79 Å². The summed E-state index contributed by atoms with van der Waals surface area (Å²) < 4.78 is 6.39. The highest BCUT2D eigenvalue weighted by Crippen LogP contribution is 2.32. The molecular formula is C14H10INOS. The van der Waals surface area contributed by atoms with E-state index in [9.17, 15) is 0 Å². The Balaban J connectivity index is 2.20. The summed E-state index contributed by atoms with van der Waals surface area (Å²) in [6, 6.07) is 15.8. The van der Waals surface area contributed by atoms with Gasteiger partial charge in [0.05, 0.1) is 22.3 Å². The summed E-state index contributed by atoms with van der Waals surface area (Å²) in [7, 11) is 1.67. The Morgan fingerprint density at radius 3 is 2.39 bits per heavy atom. The second kappa shape index (κ2) is 6.12. The van der Waals surface area contributed by atoms with Crippen LogP contribution in [0.4, 0.5) is 0 Å². The highest BCUT2D eigenvalue weighted by atomic mass is 127. The standard InChI is InChI=1S/C14H10INOS/c1-17-14-8-12(6-7-13(14)15)18-11-4-2-10(9-16)3-5-11/h2-8H,1H3. The molecule has 0 aromatic heterocycles. The van der Waals surface area contributed by atoms with Gasteiger partial charge < -0.3 is 4.74 Å². The number of nitriles is 1. The van der Waals surface area contributed by atoms with E-state index in [2.05, 4.69) is 34.7 Å². The molecule has 90 valence electrons. The average Bonchev–Trinajstić information content (AvgIpc) is 2.42. The summed E-state index contributed by atoms with van der Waals surface area (Å²) >= 11 is 3.90. The molecule has 0 amide bonds. The molecule has 0 aliphatic heterocycles. The molecule has 18 heavy (non-hydrogen) atoms. The zero-order valence-electron chi connectivity index (χ0n) is 9.68. The molecule has 0 bridgehead atoms. The zero-order valence-corrected chi connectivity index (χ0v) is 12.7. The molecule has 2 rings (SSSR count). The molecule has 2 aromatic rings. The summed E-state index contributed by atoms with van der Waals surface area (Å²) in [4.78, 5) is 2.23. The number of nitrogens with zero attached hydrogens (tertiary/aromatic N) is 1. The first-order valence-electron chi connectivity index (χ1n) is 5.24. The number of methoxy groups -OCH3 is 1. The maximum Gasteiger partial charge on any atom is 0.133 e. The summed E-state index contributed by atoms with van der Waals surface area (Å²) in [5.74, 6) is 0.884. The minimum atomic E-state index is 0.680. The normalized spacial score (nSPS) is 9.83. The number of hydrogen-bond donors (Lipinski definition) is 0. The lowest BCUT2D eigenvalue weighted by molar-refractivity contribution is 0.410. The lowest BCUT2D eigenvalue weighted by Crippen LogP contribution is -1.86. The van der Waals surface area contributed by atoms with Crippen molar-refractivity contribution < 1.29 is 4.74 Å². The molecule has 0 atom stereocenters. The van der Waals surface area contributed by atoms with E-state index in [0.717, 1.165) is 19.1 Å². The van der Waals surface area contributed by atoms with E-state index in [1.54, 1.807) is 18.9 Å². The van der Waals surface area contributed by atoms with Gasteiger partial charge in [-0.25, -0.2) is 0 Å². The Morgan fingerprint density at radius 1 is 1.11 bits per heavy atom. The smallest absolute Gasteiger partial charge is 0.133 e. The summed E-state index contributed by atoms with van der Waals surface area (Å²) in [6.07, 6.45) is 0. The third-order valence-corrected chi connectivity index (χ3v) is 4.23. The molecular weight excluding hydrogens is 357 g/mol. The molecule has 0 aliphatic carbocycles. The largest absolute Gasteiger partial charge is 0.496 e. The van der Waals surface area contributed by atoms with E-state index in [1.807, 2.05) is 36.4 Å². The van der Waals surface area contributed by atoms with Gasteiger partial charge >= 0.3 is 0 Å². The zero-order chi connectivity index (χ0) is 13.0. The lowest BCUT2D eigenvalue weighted by atomic mass is 10.2. The fourth-order valence-electron chi connectivity index (χ4n) is 1.44. The first-order valence-corrected chi connectivity index (χ1v) is 7.14. The fraction of sp³-hybridized carbons (Fsp3) is 0.0714. The molecule has 0 saturated heterocycles. The minimum Gasteiger partial charge on any atom is -0.496 e. The van der Waals surface area contributed by atoms with Gasteiger partial charge in [-0.1, -0.05) is 11.8 Å². The van der Waals surface area contributed by atoms with Crippen molar-refractivity contribution in [3.63, 3.8) is 0 Å². The molecule has 0 heterocycles. The summed E-state index contributed by atoms with van der Waals surface area (Å²) in [5.41, 5.74) is 0.680. The second-order valence-electron chi connectivity index (χ2n) is 3.53. The Labute approximate surface area is 124 Å². The number of rotatable bonds is 3. The minimum absolute atomic E-state index is 0.680. The average molecular weight is 367 g/mol. The predicted molar refractivity (Wildman–Crippen MR) is 81.0 cm³/mol. The Bertz CT molecular complexity index is 590. The van der Waals surface area contributed by atoms with Crippen LogP contribution in [0.5, 0.6) is 5.75 Å². The van der Waals surface area contributed by atoms with Crippen LogP contribution in [0.3, 0.4) is 0 Å². The fourth-order valence-corrected chi connectivity index (χ4v) is 2.84. The first-order chi connectivity index (χ1) is 8.72. The van der Waals surface area contributed by atoms with Crippen molar-refractivity contribution in [3.05, 3.63) is 51.6 Å². The lowest BCUT2D eigenvalue weighted by Gasteiger charge is -2.06. The molecule has 0 N–H and O–H groups in total. The molecule has 4 heteroatoms. The Kier molecular flexibility index (Phi) is 4.50. The molecule has 0 saturated carbocycles. The van der Waals surface area contributed by atoms with Crippen LogP contribution in [0.15, 0.2) is 52.3 Å². The number of hydrogen-bond acceptors (Lipinski definition) is 3. The highest BCUT2D eigenvalue weighted by Gasteiger charge is 2.03. The van der Waals surface area contributed by atoms with Crippen molar-refractivity contribution in [2.75, 3.05) is 7.11 Å². The molecule has 0 spiro atoms. The van der Waals surface area contributed by atoms with Crippen molar-refractivity contribution in [1.29, 1.82) is 5.26 Å². The molecule has 0 fully saturated rings. The van der Waals surface area contributed by atoms with Crippen molar-refractivity contribution in [3.8, 4) is 11.8 Å². The second-order valence-corrected chi connectivity index (χ2v) is 5.84. The topological polar surface area (TPSA) is 33.0 Å². The van der Waals surface area contributed by atoms with Crippen LogP contribution in [0, 0.1) is 14.9 Å². The molecule has 0 aliphatic rings. The van der Waals surface area contributed by atoms with E-state index >= 15 is 0 Å². The van der Waals surface area contributed by atoms with Gasteiger partial charge in [0, 0.05) is 9.79 Å². The van der Waals surface area contributed by atoms with Gasteiger partial charge in [-0.3, -0.25) is 0 Å². The quantitative estimate of drug-likeness (QED) is 0.758. The van der Waals surface area contributed by atoms with Gasteiger partial charge in [-0.2, -0.15) is 5.26 Å². The van der Waals surface area contributed by atoms with Gasteiger partial charge in [0.2, 0.25) is 0 Å². The molecule has 2 nitrogen and oxygen atoms in total. The Hall–Kier alpha value is -1.19. The molecule has 0 radical (unpaired) electrons. The summed E-state index contributed by atoms with van der Waals surface area (Å²) in [6.45, 7) is 0. The molecule has 0 unspecified atom stereocenters. The van der Waals surface area contributed by atoms with Crippen LogP contribution in [-0.4, -0.2) is 7.11 Å². The first kappa shape index (κ1) is 13.2. The van der Waals surface area contributed by atoms with E-state index in [4.69, 9.17) is 10.00 Å². The van der Waals surface area contributed by atoms with Crippen LogP contribution in [-0.2, 0) is 0 Å². The van der Waals surface area contributed by atoms with Gasteiger partial charge in [-0.05, 0) is 65.1 Å². The van der Waals surface area contributed by atoms with Gasteiger partial charge in [0.25, 0.3) is 0 Å². The van der Waals surface area contributed by atoms with Gasteiger partial charge in [0.15, 0.2) is 0 Å². The number of ether oxygens (including phenoxy) is 1. The predicted octanol–water partition coefficient (Wildman–Crippen LogP) is 4.32. The van der Waals surface area contributed by atoms with Crippen molar-refractivity contribution in [2.24, 2.45) is 0 Å². The summed E-state index contributed by atoms with van der Waals surface area (Å²) in [5, 5.41) is 8.74. The van der Waals surface area contributed by atoms with Crippen LogP contribution in [0.2, 0.25) is 0 Å². The van der Waals surface area contributed by atoms with Crippen LogP contribution in [0.1, 0.15) is 5.56 Å². The maximum absolute atomic E-state index is 8.74. The molecule has 2 aromatic carbocycles. The van der Waals surface area contributed by atoms with E-state index < -0.39 is 0 Å². The Morgan fingerprint density at radius 2 is 1.78 bits per heavy atom. The van der Waals surface area contributed by atoms with Gasteiger partial charge in [-0.15, -0.1) is 0 Å². The van der Waals surface area contributed by atoms with Crippen LogP contribution < -0.4 is 4.74 Å². The number of halogens is 1. The van der Waals surface area contributed by atoms with E-state index in [1.165, 1.54) is 0 Å². The van der Waals surface area contributed by atoms with E-state index in [-0.39, 0.29) is 0 Å². The third-order valence-electron chi connectivity index (χ3n) is 2.34. The van der Waals surface area contributed by atoms with Crippen molar-refractivity contribution in [1.82, 2.24) is 0 Å². The maximum atomic E-state index is 8.74. The highest BCUT2D eigenvalue weighted by molar-refractivity contribution is 14.1. The SMILES string of the molecule is COc1cc(Sc2ccc(C#N)cc2)ccc1I. The number of benzene rings is 2. The van der Waals surface area contributed by atoms with Crippen LogP contribution >= 0.6 is 34.4 Å². The van der Waals surface area contributed by atoms with Crippen molar-refractivity contribution >= 4 is 34.4 Å². The van der Waals surface area contributed by atoms with Gasteiger partial charge in [0.1, 0.15) is 5.75 Å².